The van der Waals surface area contributed by atoms with E-state index in [9.17, 15) is 18.0 Å². The van der Waals surface area contributed by atoms with Gasteiger partial charge in [-0.3, -0.25) is 4.79 Å². The summed E-state index contributed by atoms with van der Waals surface area (Å²) in [4.78, 5) is 11.0. The Labute approximate surface area is 75.9 Å². The van der Waals surface area contributed by atoms with Crippen LogP contribution in [0.5, 0.6) is 0 Å². The minimum atomic E-state index is -4.49. The third kappa shape index (κ3) is 2.41. The minimum Gasteiger partial charge on any atom is -0.338 e. The lowest BCUT2D eigenvalue weighted by Gasteiger charge is -2.15. The molecule has 78 valence electrons. The smallest absolute Gasteiger partial charge is 0.338 e. The maximum absolute atomic E-state index is 12.0. The van der Waals surface area contributed by atoms with Gasteiger partial charge in [-0.2, -0.15) is 18.4 Å². The molecule has 1 amide bonds. The Morgan fingerprint density at radius 1 is 1.57 bits per heavy atom. The molecule has 1 rings (SSSR count). The van der Waals surface area contributed by atoms with Gasteiger partial charge in [0.15, 0.2) is 0 Å². The number of nitrogens with one attached hydrogen (secondary N) is 2. The molecule has 1 unspecified atom stereocenters. The van der Waals surface area contributed by atoms with E-state index < -0.39 is 23.9 Å². The first-order chi connectivity index (χ1) is 6.41. The molecule has 0 radical (unpaired) electrons. The number of nitrogens with zero attached hydrogens (tertiary/aromatic N) is 3. The van der Waals surface area contributed by atoms with Crippen LogP contribution in [0.4, 0.5) is 13.2 Å². The Morgan fingerprint density at radius 2 is 2.21 bits per heavy atom. The molecule has 6 nitrogen and oxygen atoms in total. The van der Waals surface area contributed by atoms with Crippen LogP contribution in [0.1, 0.15) is 17.5 Å². The first-order valence-corrected chi connectivity index (χ1v) is 3.52. The predicted molar refractivity (Wildman–Crippen MR) is 37.2 cm³/mol. The summed E-state index contributed by atoms with van der Waals surface area (Å²) in [5, 5.41) is 13.1. The van der Waals surface area contributed by atoms with Crippen molar-refractivity contribution >= 4 is 5.91 Å². The maximum Gasteiger partial charge on any atom is 0.408 e. The van der Waals surface area contributed by atoms with Gasteiger partial charge >= 0.3 is 6.18 Å². The highest BCUT2D eigenvalue weighted by atomic mass is 19.4. The Bertz CT molecular complexity index is 308. The van der Waals surface area contributed by atoms with Crippen LogP contribution in [-0.4, -0.2) is 38.7 Å². The molecule has 0 aliphatic rings. The zero-order valence-electron chi connectivity index (χ0n) is 6.96. The number of H-pyrrole nitrogens is 1. The number of tetrazole rings is 1. The van der Waals surface area contributed by atoms with Gasteiger partial charge in [0.05, 0.1) is 0 Å². The van der Waals surface area contributed by atoms with Crippen molar-refractivity contribution in [3.8, 4) is 0 Å². The number of halogens is 3. The number of carbonyl (C=O) groups is 1. The van der Waals surface area contributed by atoms with Crippen LogP contribution in [0, 0.1) is 0 Å². The van der Waals surface area contributed by atoms with Gasteiger partial charge in [-0.15, -0.1) is 10.2 Å². The molecule has 1 atom stereocenters. The summed E-state index contributed by atoms with van der Waals surface area (Å²) in [6.45, 7) is 0.817. The predicted octanol–water partition coefficient (Wildman–Crippen LogP) is -0.120. The Hall–Kier alpha value is -1.67. The highest BCUT2D eigenvalue weighted by Crippen LogP contribution is 2.19. The molecule has 0 saturated heterocycles. The third-order valence-electron chi connectivity index (χ3n) is 1.39. The lowest BCUT2D eigenvalue weighted by atomic mass is 10.3. The van der Waals surface area contributed by atoms with Gasteiger partial charge in [-0.25, -0.2) is 0 Å². The summed E-state index contributed by atoms with van der Waals surface area (Å²) in [5.74, 6) is -1.45. The zero-order chi connectivity index (χ0) is 10.8. The summed E-state index contributed by atoms with van der Waals surface area (Å²) in [6.07, 6.45) is -4.49. The van der Waals surface area contributed by atoms with E-state index in [1.807, 2.05) is 5.21 Å². The van der Waals surface area contributed by atoms with E-state index in [1.165, 1.54) is 0 Å². The Kier molecular flexibility index (Phi) is 2.68. The summed E-state index contributed by atoms with van der Waals surface area (Å²) in [5.41, 5.74) is 0. The van der Waals surface area contributed by atoms with Crippen LogP contribution in [0.25, 0.3) is 0 Å². The molecular formula is C5H6F3N5O. The summed E-state index contributed by atoms with van der Waals surface area (Å²) in [6, 6.07) is -1.95. The second-order valence-electron chi connectivity index (χ2n) is 2.47. The van der Waals surface area contributed by atoms with E-state index in [0.29, 0.717) is 0 Å². The van der Waals surface area contributed by atoms with Gasteiger partial charge in [0.25, 0.3) is 11.7 Å². The minimum absolute atomic E-state index is 0.430. The fraction of sp³-hybridized carbons (Fsp3) is 0.600. The third-order valence-corrected chi connectivity index (χ3v) is 1.39. The topological polar surface area (TPSA) is 83.6 Å². The molecule has 1 heterocycles. The molecule has 14 heavy (non-hydrogen) atoms. The Balaban J connectivity index is 2.58. The lowest BCUT2D eigenvalue weighted by Crippen LogP contribution is -2.43. The summed E-state index contributed by atoms with van der Waals surface area (Å²) >= 11 is 0. The lowest BCUT2D eigenvalue weighted by molar-refractivity contribution is -0.149. The van der Waals surface area contributed by atoms with E-state index in [4.69, 9.17) is 0 Å². The molecule has 0 aromatic carbocycles. The highest BCUT2D eigenvalue weighted by molar-refractivity contribution is 5.90. The fourth-order valence-electron chi connectivity index (χ4n) is 0.601. The summed E-state index contributed by atoms with van der Waals surface area (Å²) < 4.78 is 35.9. The average Bonchev–Trinajstić information content (AvgIpc) is 2.53. The van der Waals surface area contributed by atoms with Crippen molar-refractivity contribution in [1.82, 2.24) is 25.9 Å². The van der Waals surface area contributed by atoms with Crippen LogP contribution in [0.2, 0.25) is 0 Å². The number of carbonyl (C=O) groups excluding carboxylic acids is 1. The average molecular weight is 209 g/mol. The van der Waals surface area contributed by atoms with Crippen LogP contribution in [0.3, 0.4) is 0 Å². The highest BCUT2D eigenvalue weighted by Gasteiger charge is 2.37. The van der Waals surface area contributed by atoms with Crippen molar-refractivity contribution in [1.29, 1.82) is 0 Å². The normalized spacial score (nSPS) is 13.7. The van der Waals surface area contributed by atoms with Crippen molar-refractivity contribution in [2.75, 3.05) is 0 Å². The molecule has 0 aliphatic heterocycles. The molecule has 9 heteroatoms. The second-order valence-corrected chi connectivity index (χ2v) is 2.47. The van der Waals surface area contributed by atoms with Gasteiger partial charge < -0.3 is 5.32 Å². The van der Waals surface area contributed by atoms with Gasteiger partial charge in [0.2, 0.25) is 0 Å². The number of alkyl halides is 3. The van der Waals surface area contributed by atoms with Crippen molar-refractivity contribution in [2.45, 2.75) is 19.1 Å². The van der Waals surface area contributed by atoms with Gasteiger partial charge in [-0.05, 0) is 12.1 Å². The zero-order valence-corrected chi connectivity index (χ0v) is 6.96. The van der Waals surface area contributed by atoms with Crippen LogP contribution < -0.4 is 5.32 Å². The van der Waals surface area contributed by atoms with Crippen LogP contribution in [-0.2, 0) is 0 Å². The molecule has 0 spiro atoms. The maximum atomic E-state index is 12.0. The number of hydrogen-bond acceptors (Lipinski definition) is 4. The largest absolute Gasteiger partial charge is 0.408 e. The molecule has 1 aromatic heterocycles. The van der Waals surface area contributed by atoms with Gasteiger partial charge in [0, 0.05) is 0 Å². The van der Waals surface area contributed by atoms with E-state index >= 15 is 0 Å². The molecule has 1 aromatic rings. The molecule has 0 aliphatic carbocycles. The van der Waals surface area contributed by atoms with Gasteiger partial charge in [0.1, 0.15) is 6.04 Å². The van der Waals surface area contributed by atoms with Crippen molar-refractivity contribution in [2.24, 2.45) is 0 Å². The van der Waals surface area contributed by atoms with Crippen LogP contribution >= 0.6 is 0 Å². The van der Waals surface area contributed by atoms with Crippen LogP contribution in [0.15, 0.2) is 0 Å². The van der Waals surface area contributed by atoms with Crippen molar-refractivity contribution in [3.63, 3.8) is 0 Å². The molecule has 0 bridgehead atoms. The van der Waals surface area contributed by atoms with E-state index in [1.54, 1.807) is 5.32 Å². The van der Waals surface area contributed by atoms with Crippen molar-refractivity contribution < 1.29 is 18.0 Å². The first kappa shape index (κ1) is 10.4. The number of amides is 1. The number of aromatic nitrogens is 4. The number of hydrogen-bond donors (Lipinski definition) is 2. The number of aromatic amines is 1. The molecule has 2 N–H and O–H groups in total. The first-order valence-electron chi connectivity index (χ1n) is 3.52. The van der Waals surface area contributed by atoms with E-state index in [2.05, 4.69) is 15.4 Å². The molecule has 0 saturated carbocycles. The number of rotatable bonds is 2. The quantitative estimate of drug-likeness (QED) is 0.711. The summed E-state index contributed by atoms with van der Waals surface area (Å²) in [7, 11) is 0. The molecule has 0 fully saturated rings. The second kappa shape index (κ2) is 3.60. The standard InChI is InChI=1S/C5H6F3N5O/c1-2(5(6,7)8)9-4(14)3-10-12-13-11-3/h2H,1H3,(H,9,14)(H,10,11,12,13). The van der Waals surface area contributed by atoms with Gasteiger partial charge in [-0.1, -0.05) is 0 Å². The Morgan fingerprint density at radius 3 is 2.64 bits per heavy atom. The van der Waals surface area contributed by atoms with E-state index in [-0.39, 0.29) is 0 Å². The monoisotopic (exact) mass is 209 g/mol. The molecular weight excluding hydrogens is 203 g/mol. The van der Waals surface area contributed by atoms with E-state index in [0.717, 1.165) is 6.92 Å². The fourth-order valence-corrected chi connectivity index (χ4v) is 0.601. The van der Waals surface area contributed by atoms with Crippen molar-refractivity contribution in [3.05, 3.63) is 5.82 Å². The SMILES string of the molecule is CC(NC(=O)c1nn[nH]n1)C(F)(F)F.